The molecule has 0 bridgehead atoms. The Labute approximate surface area is 137 Å². The maximum absolute atomic E-state index is 11.9. The maximum Gasteiger partial charge on any atom is 0.248 e. The summed E-state index contributed by atoms with van der Waals surface area (Å²) in [5.74, 6) is 0.756. The standard InChI is InChI=1S/C19H23N3O/c1-4-22(5-2)18-12-11-17(14-20-18)21-19(23)13-10-16-8-6-15(3)7-9-16/h6-14H,4-5H2,1-3H3,(H,21,23)/b13-10+. The molecule has 120 valence electrons. The van der Waals surface area contributed by atoms with Gasteiger partial charge >= 0.3 is 0 Å². The molecule has 1 aromatic carbocycles. The number of amides is 1. The number of aryl methyl sites for hydroxylation is 1. The van der Waals surface area contributed by atoms with Crippen LogP contribution in [0.4, 0.5) is 11.5 Å². The summed E-state index contributed by atoms with van der Waals surface area (Å²) < 4.78 is 0. The molecule has 4 heteroatoms. The van der Waals surface area contributed by atoms with E-state index < -0.39 is 0 Å². The third kappa shape index (κ3) is 4.95. The summed E-state index contributed by atoms with van der Waals surface area (Å²) in [6, 6.07) is 11.8. The minimum Gasteiger partial charge on any atom is -0.357 e. The van der Waals surface area contributed by atoms with Crippen molar-refractivity contribution in [1.29, 1.82) is 0 Å². The molecule has 0 spiro atoms. The number of hydrogen-bond donors (Lipinski definition) is 1. The third-order valence-electron chi connectivity index (χ3n) is 3.61. The summed E-state index contributed by atoms with van der Waals surface area (Å²) in [7, 11) is 0. The number of carbonyl (C=O) groups is 1. The molecule has 0 aliphatic rings. The lowest BCUT2D eigenvalue weighted by atomic mass is 10.1. The Kier molecular flexibility index (Phi) is 5.92. The monoisotopic (exact) mass is 309 g/mol. The Balaban J connectivity index is 1.96. The summed E-state index contributed by atoms with van der Waals surface area (Å²) in [6.07, 6.45) is 5.01. The van der Waals surface area contributed by atoms with Crippen LogP contribution >= 0.6 is 0 Å². The van der Waals surface area contributed by atoms with Crippen molar-refractivity contribution in [3.8, 4) is 0 Å². The van der Waals surface area contributed by atoms with Crippen LogP contribution in [0.15, 0.2) is 48.7 Å². The van der Waals surface area contributed by atoms with Crippen molar-refractivity contribution in [1.82, 2.24) is 4.98 Å². The van der Waals surface area contributed by atoms with E-state index in [1.165, 1.54) is 11.6 Å². The van der Waals surface area contributed by atoms with Gasteiger partial charge in [-0.2, -0.15) is 0 Å². The number of benzene rings is 1. The van der Waals surface area contributed by atoms with Crippen LogP contribution in [-0.2, 0) is 4.79 Å². The Morgan fingerprint density at radius 1 is 1.13 bits per heavy atom. The molecule has 0 aliphatic carbocycles. The number of nitrogens with zero attached hydrogens (tertiary/aromatic N) is 2. The average molecular weight is 309 g/mol. The quantitative estimate of drug-likeness (QED) is 0.823. The normalized spacial score (nSPS) is 10.7. The molecule has 0 radical (unpaired) electrons. The van der Waals surface area contributed by atoms with E-state index in [0.717, 1.165) is 24.5 Å². The van der Waals surface area contributed by atoms with E-state index in [2.05, 4.69) is 29.0 Å². The van der Waals surface area contributed by atoms with E-state index in [9.17, 15) is 4.79 Å². The Bertz CT molecular complexity index is 656. The fraction of sp³-hybridized carbons (Fsp3) is 0.263. The number of aromatic nitrogens is 1. The smallest absolute Gasteiger partial charge is 0.248 e. The lowest BCUT2D eigenvalue weighted by Crippen LogP contribution is -2.22. The molecule has 0 unspecified atom stereocenters. The fourth-order valence-corrected chi connectivity index (χ4v) is 2.23. The summed E-state index contributed by atoms with van der Waals surface area (Å²) in [6.45, 7) is 8.05. The van der Waals surface area contributed by atoms with Crippen LogP contribution in [0.25, 0.3) is 6.08 Å². The summed E-state index contributed by atoms with van der Waals surface area (Å²) in [5, 5.41) is 2.82. The molecule has 0 atom stereocenters. The summed E-state index contributed by atoms with van der Waals surface area (Å²) in [4.78, 5) is 18.5. The van der Waals surface area contributed by atoms with E-state index in [1.807, 2.05) is 43.3 Å². The molecule has 0 aliphatic heterocycles. The third-order valence-corrected chi connectivity index (χ3v) is 3.61. The zero-order valence-electron chi connectivity index (χ0n) is 13.9. The highest BCUT2D eigenvalue weighted by Crippen LogP contribution is 2.14. The predicted molar refractivity (Wildman–Crippen MR) is 96.6 cm³/mol. The van der Waals surface area contributed by atoms with Gasteiger partial charge in [-0.1, -0.05) is 29.8 Å². The largest absolute Gasteiger partial charge is 0.357 e. The minimum atomic E-state index is -0.164. The molecule has 2 aromatic rings. The first kappa shape index (κ1) is 16.7. The summed E-state index contributed by atoms with van der Waals surface area (Å²) in [5.41, 5.74) is 2.89. The van der Waals surface area contributed by atoms with Crippen LogP contribution in [-0.4, -0.2) is 24.0 Å². The van der Waals surface area contributed by atoms with Crippen molar-refractivity contribution in [3.05, 3.63) is 59.8 Å². The first-order valence-corrected chi connectivity index (χ1v) is 7.89. The van der Waals surface area contributed by atoms with Gasteiger partial charge in [0.2, 0.25) is 5.91 Å². The van der Waals surface area contributed by atoms with Gasteiger partial charge in [0.1, 0.15) is 5.82 Å². The molecule has 1 amide bonds. The maximum atomic E-state index is 11.9. The highest BCUT2D eigenvalue weighted by atomic mass is 16.1. The van der Waals surface area contributed by atoms with E-state index in [-0.39, 0.29) is 5.91 Å². The Morgan fingerprint density at radius 2 is 1.83 bits per heavy atom. The number of anilines is 2. The topological polar surface area (TPSA) is 45.2 Å². The fourth-order valence-electron chi connectivity index (χ4n) is 2.23. The van der Waals surface area contributed by atoms with Crippen molar-refractivity contribution < 1.29 is 4.79 Å². The highest BCUT2D eigenvalue weighted by molar-refractivity contribution is 6.01. The van der Waals surface area contributed by atoms with Gasteiger partial charge in [-0.15, -0.1) is 0 Å². The zero-order valence-corrected chi connectivity index (χ0v) is 13.9. The Morgan fingerprint density at radius 3 is 2.39 bits per heavy atom. The van der Waals surface area contributed by atoms with Gasteiger partial charge in [0.25, 0.3) is 0 Å². The van der Waals surface area contributed by atoms with E-state index in [0.29, 0.717) is 5.69 Å². The van der Waals surface area contributed by atoms with Crippen LogP contribution < -0.4 is 10.2 Å². The number of hydrogen-bond acceptors (Lipinski definition) is 3. The molecular formula is C19H23N3O. The van der Waals surface area contributed by atoms with E-state index in [4.69, 9.17) is 0 Å². The second kappa shape index (κ2) is 8.13. The van der Waals surface area contributed by atoms with Gasteiger partial charge in [0.05, 0.1) is 11.9 Å². The van der Waals surface area contributed by atoms with Crippen LogP contribution in [0.2, 0.25) is 0 Å². The lowest BCUT2D eigenvalue weighted by Gasteiger charge is -2.19. The van der Waals surface area contributed by atoms with Crippen molar-refractivity contribution >= 4 is 23.5 Å². The second-order valence-corrected chi connectivity index (χ2v) is 5.31. The number of nitrogens with one attached hydrogen (secondary N) is 1. The van der Waals surface area contributed by atoms with Crippen molar-refractivity contribution in [2.24, 2.45) is 0 Å². The molecule has 23 heavy (non-hydrogen) atoms. The van der Waals surface area contributed by atoms with Gasteiger partial charge < -0.3 is 10.2 Å². The van der Waals surface area contributed by atoms with Gasteiger partial charge in [-0.3, -0.25) is 4.79 Å². The van der Waals surface area contributed by atoms with Gasteiger partial charge in [0.15, 0.2) is 0 Å². The van der Waals surface area contributed by atoms with Crippen molar-refractivity contribution in [2.75, 3.05) is 23.3 Å². The molecule has 2 rings (SSSR count). The number of carbonyl (C=O) groups excluding carboxylic acids is 1. The SMILES string of the molecule is CCN(CC)c1ccc(NC(=O)/C=C/c2ccc(C)cc2)cn1. The second-order valence-electron chi connectivity index (χ2n) is 5.31. The molecule has 1 aromatic heterocycles. The average Bonchev–Trinajstić information content (AvgIpc) is 2.57. The predicted octanol–water partition coefficient (Wildman–Crippen LogP) is 3.89. The van der Waals surface area contributed by atoms with E-state index >= 15 is 0 Å². The minimum absolute atomic E-state index is 0.164. The molecule has 0 saturated heterocycles. The summed E-state index contributed by atoms with van der Waals surface area (Å²) >= 11 is 0. The van der Waals surface area contributed by atoms with Crippen LogP contribution in [0.5, 0.6) is 0 Å². The van der Waals surface area contributed by atoms with Crippen LogP contribution in [0, 0.1) is 6.92 Å². The molecule has 0 fully saturated rings. The van der Waals surface area contributed by atoms with Crippen molar-refractivity contribution in [3.63, 3.8) is 0 Å². The van der Waals surface area contributed by atoms with Gasteiger partial charge in [-0.25, -0.2) is 4.98 Å². The van der Waals surface area contributed by atoms with Crippen molar-refractivity contribution in [2.45, 2.75) is 20.8 Å². The number of rotatable bonds is 6. The first-order valence-electron chi connectivity index (χ1n) is 7.89. The first-order chi connectivity index (χ1) is 11.1. The molecule has 4 nitrogen and oxygen atoms in total. The van der Waals surface area contributed by atoms with E-state index in [1.54, 1.807) is 12.3 Å². The lowest BCUT2D eigenvalue weighted by molar-refractivity contribution is -0.111. The Hall–Kier alpha value is -2.62. The molecule has 1 heterocycles. The van der Waals surface area contributed by atoms with Crippen LogP contribution in [0.3, 0.4) is 0 Å². The molecular weight excluding hydrogens is 286 g/mol. The number of pyridine rings is 1. The molecule has 0 saturated carbocycles. The highest BCUT2D eigenvalue weighted by Gasteiger charge is 2.04. The van der Waals surface area contributed by atoms with Gasteiger partial charge in [-0.05, 0) is 44.5 Å². The zero-order chi connectivity index (χ0) is 16.7. The van der Waals surface area contributed by atoms with Crippen LogP contribution in [0.1, 0.15) is 25.0 Å². The molecule has 1 N–H and O–H groups in total. The van der Waals surface area contributed by atoms with Gasteiger partial charge in [0, 0.05) is 19.2 Å².